The van der Waals surface area contributed by atoms with Crippen LogP contribution in [0.25, 0.3) is 97.8 Å². The number of aromatic nitrogens is 3. The predicted molar refractivity (Wildman–Crippen MR) is 219 cm³/mol. The molecule has 0 N–H and O–H groups in total. The lowest BCUT2D eigenvalue weighted by molar-refractivity contribution is 0.666. The Balaban J connectivity index is 1.10. The van der Waals surface area contributed by atoms with Crippen LogP contribution in [0.2, 0.25) is 0 Å². The Morgan fingerprint density at radius 3 is 1.92 bits per heavy atom. The fourth-order valence-electron chi connectivity index (χ4n) is 8.62. The molecule has 0 saturated heterocycles. The smallest absolute Gasteiger partial charge is 0.164 e. The van der Waals surface area contributed by atoms with Crippen molar-refractivity contribution in [1.29, 1.82) is 0 Å². The number of fused-ring (bicyclic) bond motifs is 12. The predicted octanol–water partition coefficient (Wildman–Crippen LogP) is 13.0. The van der Waals surface area contributed by atoms with Gasteiger partial charge in [0.1, 0.15) is 0 Å². The average molecular weight is 682 g/mol. The van der Waals surface area contributed by atoms with Gasteiger partial charge in [-0.3, -0.25) is 0 Å². The highest BCUT2D eigenvalue weighted by molar-refractivity contribution is 7.25. The maximum atomic E-state index is 5.15. The largest absolute Gasteiger partial charge is 0.208 e. The molecule has 0 amide bonds. The zero-order chi connectivity index (χ0) is 34.6. The van der Waals surface area contributed by atoms with Gasteiger partial charge in [-0.1, -0.05) is 135 Å². The quantitative estimate of drug-likeness (QED) is 0.174. The molecule has 0 unspecified atom stereocenters. The van der Waals surface area contributed by atoms with Crippen molar-refractivity contribution >= 4 is 63.8 Å². The molecule has 11 rings (SSSR count). The van der Waals surface area contributed by atoms with E-state index in [-0.39, 0.29) is 5.41 Å². The summed E-state index contributed by atoms with van der Waals surface area (Å²) in [5, 5.41) is 10.0. The second kappa shape index (κ2) is 10.9. The zero-order valence-electron chi connectivity index (χ0n) is 28.7. The summed E-state index contributed by atoms with van der Waals surface area (Å²) in [4.78, 5) is 15.3. The minimum atomic E-state index is -0.0786. The first-order valence-corrected chi connectivity index (χ1v) is 18.6. The third kappa shape index (κ3) is 4.28. The summed E-state index contributed by atoms with van der Waals surface area (Å²) in [6, 6.07) is 54.7. The van der Waals surface area contributed by atoms with Crippen molar-refractivity contribution in [2.45, 2.75) is 19.3 Å². The van der Waals surface area contributed by atoms with E-state index in [0.717, 1.165) is 22.1 Å². The molecule has 2 aromatic heterocycles. The van der Waals surface area contributed by atoms with Crippen LogP contribution in [0, 0.1) is 0 Å². The first-order valence-electron chi connectivity index (χ1n) is 17.8. The van der Waals surface area contributed by atoms with Gasteiger partial charge in [0, 0.05) is 42.3 Å². The molecule has 4 heteroatoms. The number of thiophene rings is 1. The Kier molecular flexibility index (Phi) is 6.17. The Bertz CT molecular complexity index is 3100. The molecule has 0 spiro atoms. The van der Waals surface area contributed by atoms with Gasteiger partial charge >= 0.3 is 0 Å². The van der Waals surface area contributed by atoms with Crippen LogP contribution in [-0.4, -0.2) is 15.0 Å². The lowest BCUT2D eigenvalue weighted by Crippen LogP contribution is -2.15. The molecule has 8 aromatic carbocycles. The summed E-state index contributed by atoms with van der Waals surface area (Å²) in [6.45, 7) is 4.73. The van der Waals surface area contributed by atoms with Crippen molar-refractivity contribution in [2.24, 2.45) is 0 Å². The topological polar surface area (TPSA) is 38.7 Å². The average Bonchev–Trinajstić information content (AvgIpc) is 3.69. The minimum Gasteiger partial charge on any atom is -0.208 e. The summed E-state index contributed by atoms with van der Waals surface area (Å²) in [7, 11) is 0. The van der Waals surface area contributed by atoms with E-state index in [1.807, 2.05) is 29.5 Å². The van der Waals surface area contributed by atoms with Crippen molar-refractivity contribution in [2.75, 3.05) is 0 Å². The molecule has 3 nitrogen and oxygen atoms in total. The van der Waals surface area contributed by atoms with Crippen LogP contribution >= 0.6 is 11.3 Å². The second-order valence-electron chi connectivity index (χ2n) is 14.4. The van der Waals surface area contributed by atoms with Crippen LogP contribution in [0.3, 0.4) is 0 Å². The maximum Gasteiger partial charge on any atom is 0.164 e. The minimum absolute atomic E-state index is 0.0786. The SMILES string of the molecule is CC1(C)c2ccccc2-c2ccc3c(ccc4ccc5cc(-c6nc(-c7ccccc7)nc(-c7ccc8sc9ccccc9c8c7)n6)ccc5c43)c21. The van der Waals surface area contributed by atoms with E-state index in [1.54, 1.807) is 0 Å². The third-order valence-corrected chi connectivity index (χ3v) is 12.2. The first kappa shape index (κ1) is 29.5. The van der Waals surface area contributed by atoms with Gasteiger partial charge in [0.25, 0.3) is 0 Å². The van der Waals surface area contributed by atoms with E-state index < -0.39 is 0 Å². The number of rotatable bonds is 3. The van der Waals surface area contributed by atoms with Crippen molar-refractivity contribution in [3.05, 3.63) is 163 Å². The monoisotopic (exact) mass is 681 g/mol. The molecule has 1 aliphatic rings. The fraction of sp³-hybridized carbons (Fsp3) is 0.0625. The zero-order valence-corrected chi connectivity index (χ0v) is 29.5. The molecule has 52 heavy (non-hydrogen) atoms. The van der Waals surface area contributed by atoms with Crippen LogP contribution in [0.5, 0.6) is 0 Å². The van der Waals surface area contributed by atoms with E-state index in [2.05, 4.69) is 147 Å². The first-order chi connectivity index (χ1) is 25.5. The van der Waals surface area contributed by atoms with Gasteiger partial charge < -0.3 is 0 Å². The van der Waals surface area contributed by atoms with Crippen molar-refractivity contribution in [1.82, 2.24) is 15.0 Å². The molecule has 0 saturated carbocycles. The highest BCUT2D eigenvalue weighted by Gasteiger charge is 2.36. The maximum absolute atomic E-state index is 5.15. The number of hydrogen-bond acceptors (Lipinski definition) is 4. The molecule has 0 aliphatic heterocycles. The van der Waals surface area contributed by atoms with E-state index in [0.29, 0.717) is 17.5 Å². The van der Waals surface area contributed by atoms with E-state index in [4.69, 9.17) is 15.0 Å². The van der Waals surface area contributed by atoms with Crippen LogP contribution in [0.1, 0.15) is 25.0 Å². The molecule has 2 heterocycles. The van der Waals surface area contributed by atoms with Crippen molar-refractivity contribution in [3.63, 3.8) is 0 Å². The van der Waals surface area contributed by atoms with Gasteiger partial charge in [-0.25, -0.2) is 15.0 Å². The molecular formula is C48H31N3S. The Hall–Kier alpha value is -6.23. The molecule has 244 valence electrons. The summed E-state index contributed by atoms with van der Waals surface area (Å²) in [5.41, 5.74) is 8.34. The normalized spacial score (nSPS) is 13.3. The second-order valence-corrected chi connectivity index (χ2v) is 15.5. The van der Waals surface area contributed by atoms with Gasteiger partial charge in [0.2, 0.25) is 0 Å². The molecule has 0 radical (unpaired) electrons. The molecule has 0 atom stereocenters. The standard InChI is InChI=1S/C48H31N3S/c1-48(2)40-14-8-6-12-34(40)37-24-23-36-38(44(37)48)22-18-28-16-17-30-26-31(19-21-33(30)43(28)36)46-49-45(29-10-4-3-5-11-29)50-47(51-46)32-20-25-42-39(27-32)35-13-7-9-15-41(35)52-42/h3-27H,1-2H3. The summed E-state index contributed by atoms with van der Waals surface area (Å²) in [6.07, 6.45) is 0. The fourth-order valence-corrected chi connectivity index (χ4v) is 9.71. The van der Waals surface area contributed by atoms with Gasteiger partial charge in [-0.15, -0.1) is 11.3 Å². The lowest BCUT2D eigenvalue weighted by atomic mass is 9.79. The number of benzene rings is 8. The molecular weight excluding hydrogens is 651 g/mol. The van der Waals surface area contributed by atoms with Gasteiger partial charge in [0.05, 0.1) is 0 Å². The van der Waals surface area contributed by atoms with E-state index in [9.17, 15) is 0 Å². The van der Waals surface area contributed by atoms with Crippen molar-refractivity contribution in [3.8, 4) is 45.3 Å². The highest BCUT2D eigenvalue weighted by Crippen LogP contribution is 2.52. The molecule has 1 aliphatic carbocycles. The molecule has 10 aromatic rings. The third-order valence-electron chi connectivity index (χ3n) is 11.1. The van der Waals surface area contributed by atoms with Crippen LogP contribution in [-0.2, 0) is 5.41 Å². The summed E-state index contributed by atoms with van der Waals surface area (Å²) < 4.78 is 2.54. The Morgan fingerprint density at radius 1 is 0.423 bits per heavy atom. The van der Waals surface area contributed by atoms with Crippen LogP contribution < -0.4 is 0 Å². The number of hydrogen-bond donors (Lipinski definition) is 0. The van der Waals surface area contributed by atoms with E-state index in [1.165, 1.54) is 69.4 Å². The van der Waals surface area contributed by atoms with Crippen molar-refractivity contribution < 1.29 is 0 Å². The molecule has 0 bridgehead atoms. The Morgan fingerprint density at radius 2 is 1.06 bits per heavy atom. The van der Waals surface area contributed by atoms with Crippen LogP contribution in [0.4, 0.5) is 0 Å². The van der Waals surface area contributed by atoms with Gasteiger partial charge in [-0.05, 0) is 84.9 Å². The molecule has 0 fully saturated rings. The summed E-state index contributed by atoms with van der Waals surface area (Å²) in [5.74, 6) is 2.00. The van der Waals surface area contributed by atoms with Gasteiger partial charge in [-0.2, -0.15) is 0 Å². The van der Waals surface area contributed by atoms with Gasteiger partial charge in [0.15, 0.2) is 17.5 Å². The summed E-state index contributed by atoms with van der Waals surface area (Å²) >= 11 is 1.82. The number of nitrogens with zero attached hydrogens (tertiary/aromatic N) is 3. The van der Waals surface area contributed by atoms with E-state index >= 15 is 0 Å². The van der Waals surface area contributed by atoms with Crippen LogP contribution in [0.15, 0.2) is 152 Å². The highest BCUT2D eigenvalue weighted by atomic mass is 32.1. The lowest BCUT2D eigenvalue weighted by Gasteiger charge is -2.23. The Labute approximate surface area is 304 Å².